The second kappa shape index (κ2) is 7.41. The summed E-state index contributed by atoms with van der Waals surface area (Å²) in [6.45, 7) is 5.26. The summed E-state index contributed by atoms with van der Waals surface area (Å²) in [6, 6.07) is 4.13. The molecule has 0 radical (unpaired) electrons. The first kappa shape index (κ1) is 16.4. The third kappa shape index (κ3) is 3.93. The van der Waals surface area contributed by atoms with E-state index in [1.54, 1.807) is 0 Å². The zero-order valence-electron chi connectivity index (χ0n) is 14.1. The fourth-order valence-corrected chi connectivity index (χ4v) is 3.66. The summed E-state index contributed by atoms with van der Waals surface area (Å²) in [4.78, 5) is 16.8. The molecule has 7 heteroatoms. The van der Waals surface area contributed by atoms with Gasteiger partial charge < -0.3 is 9.64 Å². The quantitative estimate of drug-likeness (QED) is 0.846. The van der Waals surface area contributed by atoms with Crippen LogP contribution in [0.1, 0.15) is 12.0 Å². The molecule has 2 atom stereocenters. The number of hydrogen-bond donors (Lipinski definition) is 0. The molecule has 2 aromatic heterocycles. The molecule has 6 nitrogen and oxygen atoms in total. The molecule has 2 saturated heterocycles. The predicted molar refractivity (Wildman–Crippen MR) is 91.6 cm³/mol. The number of hydrogen-bond acceptors (Lipinski definition) is 6. The zero-order valence-corrected chi connectivity index (χ0v) is 14.1. The first-order valence-electron chi connectivity index (χ1n) is 8.73. The van der Waals surface area contributed by atoms with Gasteiger partial charge in [-0.15, -0.1) is 0 Å². The van der Waals surface area contributed by atoms with E-state index >= 15 is 0 Å². The molecule has 0 spiro atoms. The van der Waals surface area contributed by atoms with Crippen LogP contribution in [0.25, 0.3) is 0 Å². The average molecular weight is 343 g/mol. The van der Waals surface area contributed by atoms with E-state index in [1.807, 2.05) is 12.4 Å². The molecule has 2 aliphatic rings. The molecule has 132 valence electrons. The molecular formula is C18H22FN5O. The van der Waals surface area contributed by atoms with Gasteiger partial charge in [0.2, 0.25) is 5.95 Å². The van der Waals surface area contributed by atoms with Gasteiger partial charge in [-0.2, -0.15) is 0 Å². The monoisotopic (exact) mass is 343 g/mol. The highest BCUT2D eigenvalue weighted by Gasteiger charge is 2.34. The SMILES string of the molecule is Fc1cnc(N2CC[C@@H]3CN(Cc4ccncc4)CCO[C@H]3C2)nc1. The minimum Gasteiger partial charge on any atom is -0.375 e. The summed E-state index contributed by atoms with van der Waals surface area (Å²) in [5, 5.41) is 0. The number of fused-ring (bicyclic) bond motifs is 1. The second-order valence-corrected chi connectivity index (χ2v) is 6.70. The topological polar surface area (TPSA) is 54.4 Å². The Morgan fingerprint density at radius 1 is 1.12 bits per heavy atom. The van der Waals surface area contributed by atoms with Crippen LogP contribution < -0.4 is 4.90 Å². The lowest BCUT2D eigenvalue weighted by Crippen LogP contribution is -2.47. The summed E-state index contributed by atoms with van der Waals surface area (Å²) >= 11 is 0. The standard InChI is InChI=1S/C18H22FN5O/c19-16-9-21-18(22-10-16)24-6-3-15-12-23(7-8-25-17(15)13-24)11-14-1-4-20-5-2-14/h1-2,4-5,9-10,15,17H,3,6-8,11-13H2/t15-,17+/m1/s1. The Morgan fingerprint density at radius 3 is 2.72 bits per heavy atom. The van der Waals surface area contributed by atoms with Gasteiger partial charge in [0.25, 0.3) is 0 Å². The number of nitrogens with zero attached hydrogens (tertiary/aromatic N) is 5. The van der Waals surface area contributed by atoms with Gasteiger partial charge in [-0.05, 0) is 24.1 Å². The van der Waals surface area contributed by atoms with Crippen molar-refractivity contribution in [2.45, 2.75) is 19.1 Å². The van der Waals surface area contributed by atoms with Gasteiger partial charge >= 0.3 is 0 Å². The number of pyridine rings is 1. The summed E-state index contributed by atoms with van der Waals surface area (Å²) in [7, 11) is 0. The molecule has 0 aromatic carbocycles. The maximum atomic E-state index is 13.0. The highest BCUT2D eigenvalue weighted by atomic mass is 19.1. The first-order chi connectivity index (χ1) is 12.3. The van der Waals surface area contributed by atoms with Crippen molar-refractivity contribution in [3.63, 3.8) is 0 Å². The highest BCUT2D eigenvalue weighted by molar-refractivity contribution is 5.30. The largest absolute Gasteiger partial charge is 0.375 e. The number of halogens is 1. The van der Waals surface area contributed by atoms with Crippen LogP contribution in [0.15, 0.2) is 36.9 Å². The fourth-order valence-electron chi connectivity index (χ4n) is 3.66. The van der Waals surface area contributed by atoms with Gasteiger partial charge in [-0.25, -0.2) is 14.4 Å². The van der Waals surface area contributed by atoms with Crippen molar-refractivity contribution < 1.29 is 9.13 Å². The van der Waals surface area contributed by atoms with E-state index in [0.29, 0.717) is 11.9 Å². The normalized spacial score (nSPS) is 24.6. The minimum absolute atomic E-state index is 0.171. The summed E-state index contributed by atoms with van der Waals surface area (Å²) < 4.78 is 19.1. The Bertz CT molecular complexity index is 684. The van der Waals surface area contributed by atoms with Crippen molar-refractivity contribution in [1.29, 1.82) is 0 Å². The molecule has 0 unspecified atom stereocenters. The predicted octanol–water partition coefficient (Wildman–Crippen LogP) is 1.74. The van der Waals surface area contributed by atoms with E-state index in [9.17, 15) is 4.39 Å². The molecule has 0 bridgehead atoms. The Kier molecular flexibility index (Phi) is 4.85. The fraction of sp³-hybridized carbons (Fsp3) is 0.500. The van der Waals surface area contributed by atoms with Crippen LogP contribution >= 0.6 is 0 Å². The van der Waals surface area contributed by atoms with Crippen LogP contribution in [-0.4, -0.2) is 58.7 Å². The van der Waals surface area contributed by atoms with Crippen molar-refractivity contribution in [1.82, 2.24) is 19.9 Å². The molecule has 0 amide bonds. The van der Waals surface area contributed by atoms with Gasteiger partial charge in [0.15, 0.2) is 5.82 Å². The number of aromatic nitrogens is 3. The van der Waals surface area contributed by atoms with E-state index in [2.05, 4.69) is 36.9 Å². The van der Waals surface area contributed by atoms with E-state index in [4.69, 9.17) is 4.74 Å². The third-order valence-electron chi connectivity index (χ3n) is 4.97. The molecule has 2 aliphatic heterocycles. The lowest BCUT2D eigenvalue weighted by molar-refractivity contribution is 0.0249. The lowest BCUT2D eigenvalue weighted by Gasteiger charge is -2.38. The lowest BCUT2D eigenvalue weighted by atomic mass is 9.93. The van der Waals surface area contributed by atoms with E-state index in [-0.39, 0.29) is 6.10 Å². The number of ether oxygens (including phenoxy) is 1. The summed E-state index contributed by atoms with van der Waals surface area (Å²) in [5.74, 6) is 0.679. The van der Waals surface area contributed by atoms with Crippen LogP contribution in [0.2, 0.25) is 0 Å². The molecule has 2 fully saturated rings. The Balaban J connectivity index is 1.39. The Hall–Kier alpha value is -2.12. The molecule has 0 saturated carbocycles. The van der Waals surface area contributed by atoms with Crippen LogP contribution in [-0.2, 0) is 11.3 Å². The Labute approximate surface area is 146 Å². The Morgan fingerprint density at radius 2 is 1.92 bits per heavy atom. The number of anilines is 1. The van der Waals surface area contributed by atoms with Crippen LogP contribution in [0.4, 0.5) is 10.3 Å². The maximum Gasteiger partial charge on any atom is 0.225 e. The van der Waals surface area contributed by atoms with Gasteiger partial charge in [-0.1, -0.05) is 0 Å². The van der Waals surface area contributed by atoms with Gasteiger partial charge in [-0.3, -0.25) is 9.88 Å². The van der Waals surface area contributed by atoms with Gasteiger partial charge in [0.05, 0.1) is 25.1 Å². The van der Waals surface area contributed by atoms with Gasteiger partial charge in [0, 0.05) is 51.0 Å². The zero-order chi connectivity index (χ0) is 17.1. The molecule has 0 N–H and O–H groups in total. The summed E-state index contributed by atoms with van der Waals surface area (Å²) in [5.41, 5.74) is 1.28. The average Bonchev–Trinajstić information content (AvgIpc) is 2.84. The second-order valence-electron chi connectivity index (χ2n) is 6.70. The number of rotatable bonds is 3. The number of piperidine rings is 1. The van der Waals surface area contributed by atoms with Crippen molar-refractivity contribution in [2.24, 2.45) is 5.92 Å². The molecular weight excluding hydrogens is 321 g/mol. The highest BCUT2D eigenvalue weighted by Crippen LogP contribution is 2.26. The molecule has 0 aliphatic carbocycles. The van der Waals surface area contributed by atoms with Gasteiger partial charge in [0.1, 0.15) is 0 Å². The molecule has 2 aromatic rings. The third-order valence-corrected chi connectivity index (χ3v) is 4.97. The smallest absolute Gasteiger partial charge is 0.225 e. The molecule has 4 heterocycles. The van der Waals surface area contributed by atoms with Crippen molar-refractivity contribution in [3.05, 3.63) is 48.3 Å². The van der Waals surface area contributed by atoms with Crippen LogP contribution in [0.5, 0.6) is 0 Å². The summed E-state index contributed by atoms with van der Waals surface area (Å²) in [6.07, 6.45) is 7.32. The minimum atomic E-state index is -0.406. The van der Waals surface area contributed by atoms with E-state index < -0.39 is 5.82 Å². The van der Waals surface area contributed by atoms with Crippen LogP contribution in [0, 0.1) is 11.7 Å². The van der Waals surface area contributed by atoms with Crippen molar-refractivity contribution >= 4 is 5.95 Å². The van der Waals surface area contributed by atoms with Crippen LogP contribution in [0.3, 0.4) is 0 Å². The van der Waals surface area contributed by atoms with Crippen molar-refractivity contribution in [3.8, 4) is 0 Å². The molecule has 4 rings (SSSR count). The first-order valence-corrected chi connectivity index (χ1v) is 8.73. The van der Waals surface area contributed by atoms with E-state index in [0.717, 1.165) is 45.8 Å². The maximum absolute atomic E-state index is 13.0. The van der Waals surface area contributed by atoms with Crippen molar-refractivity contribution in [2.75, 3.05) is 37.7 Å². The molecule has 25 heavy (non-hydrogen) atoms. The van der Waals surface area contributed by atoms with E-state index in [1.165, 1.54) is 18.0 Å².